The van der Waals surface area contributed by atoms with Gasteiger partial charge in [-0.3, -0.25) is 0 Å². The summed E-state index contributed by atoms with van der Waals surface area (Å²) < 4.78 is 11.1. The highest BCUT2D eigenvalue weighted by Crippen LogP contribution is 2.53. The number of carbonyl (C=O) groups is 1. The lowest BCUT2D eigenvalue weighted by Crippen LogP contribution is -2.38. The van der Waals surface area contributed by atoms with E-state index in [9.17, 15) is 4.79 Å². The Morgan fingerprint density at radius 3 is 1.88 bits per heavy atom. The van der Waals surface area contributed by atoms with Gasteiger partial charge in [0.2, 0.25) is 0 Å². The van der Waals surface area contributed by atoms with E-state index in [1.165, 1.54) is 22.3 Å². The van der Waals surface area contributed by atoms with Crippen molar-refractivity contribution in [1.29, 1.82) is 0 Å². The van der Waals surface area contributed by atoms with Gasteiger partial charge in [-0.1, -0.05) is 66.7 Å². The summed E-state index contributed by atoms with van der Waals surface area (Å²) in [5, 5.41) is 0. The summed E-state index contributed by atoms with van der Waals surface area (Å²) in [6.45, 7) is 0. The topological polar surface area (TPSA) is 35.5 Å². The molecule has 3 aliphatic carbocycles. The molecular formula is C23H18O3. The van der Waals surface area contributed by atoms with Crippen LogP contribution in [-0.2, 0) is 4.74 Å². The Balaban J connectivity index is 1.46. The molecule has 128 valence electrons. The lowest BCUT2D eigenvalue weighted by Gasteiger charge is -2.44. The van der Waals surface area contributed by atoms with Crippen LogP contribution in [0.3, 0.4) is 0 Å². The number of hydrogen-bond acceptors (Lipinski definition) is 3. The fourth-order valence-electron chi connectivity index (χ4n) is 4.43. The number of para-hydroxylation sites is 1. The van der Waals surface area contributed by atoms with Crippen LogP contribution in [0.1, 0.15) is 40.5 Å². The smallest absolute Gasteiger partial charge is 0.430 e. The third-order valence-electron chi connectivity index (χ3n) is 5.44. The van der Waals surface area contributed by atoms with Crippen LogP contribution in [0, 0.1) is 0 Å². The van der Waals surface area contributed by atoms with Gasteiger partial charge in [0.15, 0.2) is 0 Å². The van der Waals surface area contributed by atoms with Gasteiger partial charge in [0.25, 0.3) is 0 Å². The molecule has 3 nitrogen and oxygen atoms in total. The molecule has 3 aromatic rings. The molecular weight excluding hydrogens is 324 g/mol. The van der Waals surface area contributed by atoms with Crippen molar-refractivity contribution in [3.8, 4) is 5.75 Å². The highest BCUT2D eigenvalue weighted by atomic mass is 16.7. The van der Waals surface area contributed by atoms with Crippen molar-refractivity contribution in [2.45, 2.75) is 24.4 Å². The lowest BCUT2D eigenvalue weighted by molar-refractivity contribution is 0.0382. The van der Waals surface area contributed by atoms with Crippen LogP contribution in [0.4, 0.5) is 4.79 Å². The lowest BCUT2D eigenvalue weighted by atomic mass is 9.62. The van der Waals surface area contributed by atoms with Crippen LogP contribution >= 0.6 is 0 Å². The fraction of sp³-hybridized carbons (Fsp3) is 0.174. The molecule has 26 heavy (non-hydrogen) atoms. The van der Waals surface area contributed by atoms with Crippen LogP contribution in [0.15, 0.2) is 78.9 Å². The summed E-state index contributed by atoms with van der Waals surface area (Å²) in [6.07, 6.45) is -0.0486. The Labute approximate surface area is 152 Å². The quantitative estimate of drug-likeness (QED) is 0.471. The summed E-state index contributed by atoms with van der Waals surface area (Å²) in [7, 11) is 0. The van der Waals surface area contributed by atoms with E-state index in [4.69, 9.17) is 9.47 Å². The highest BCUT2D eigenvalue weighted by Gasteiger charge is 2.45. The highest BCUT2D eigenvalue weighted by molar-refractivity contribution is 5.65. The van der Waals surface area contributed by atoms with Crippen LogP contribution < -0.4 is 4.74 Å². The van der Waals surface area contributed by atoms with E-state index in [0.29, 0.717) is 5.75 Å². The first-order valence-corrected chi connectivity index (χ1v) is 8.92. The van der Waals surface area contributed by atoms with Crippen molar-refractivity contribution in [2.75, 3.05) is 0 Å². The zero-order chi connectivity index (χ0) is 17.5. The maximum absolute atomic E-state index is 12.3. The summed E-state index contributed by atoms with van der Waals surface area (Å²) in [5.41, 5.74) is 5.24. The molecule has 0 spiro atoms. The second kappa shape index (κ2) is 6.03. The van der Waals surface area contributed by atoms with E-state index in [1.54, 1.807) is 12.1 Å². The molecule has 6 rings (SSSR count). The van der Waals surface area contributed by atoms with E-state index in [2.05, 4.69) is 48.5 Å². The van der Waals surface area contributed by atoms with Gasteiger partial charge >= 0.3 is 6.16 Å². The van der Waals surface area contributed by atoms with Gasteiger partial charge < -0.3 is 9.47 Å². The standard InChI is InChI=1S/C23H18O3/c24-23(25-15-8-2-1-3-9-15)26-21-14-20-16-10-4-6-12-18(16)22(21)19-13-7-5-11-17(19)20/h1-13,20-22H,14H2. The van der Waals surface area contributed by atoms with Gasteiger partial charge in [-0.2, -0.15) is 0 Å². The minimum atomic E-state index is -0.635. The zero-order valence-electron chi connectivity index (χ0n) is 14.2. The van der Waals surface area contributed by atoms with E-state index in [-0.39, 0.29) is 17.9 Å². The molecule has 3 heteroatoms. The van der Waals surface area contributed by atoms with E-state index in [1.807, 2.05) is 18.2 Å². The number of rotatable bonds is 2. The Bertz CT molecular complexity index is 916. The van der Waals surface area contributed by atoms with Crippen molar-refractivity contribution in [2.24, 2.45) is 0 Å². The molecule has 0 radical (unpaired) electrons. The third-order valence-corrected chi connectivity index (χ3v) is 5.44. The maximum Gasteiger partial charge on any atom is 0.514 e. The van der Waals surface area contributed by atoms with Crippen molar-refractivity contribution in [3.63, 3.8) is 0 Å². The van der Waals surface area contributed by atoms with E-state index < -0.39 is 6.16 Å². The molecule has 0 aliphatic heterocycles. The second-order valence-corrected chi connectivity index (χ2v) is 6.85. The summed E-state index contributed by atoms with van der Waals surface area (Å²) in [4.78, 5) is 12.3. The van der Waals surface area contributed by atoms with E-state index >= 15 is 0 Å². The van der Waals surface area contributed by atoms with Crippen molar-refractivity contribution >= 4 is 6.16 Å². The molecule has 1 atom stereocenters. The molecule has 3 aromatic carbocycles. The summed E-state index contributed by atoms with van der Waals surface area (Å²) >= 11 is 0. The molecule has 3 aliphatic rings. The number of hydrogen-bond donors (Lipinski definition) is 0. The van der Waals surface area contributed by atoms with Gasteiger partial charge in [0, 0.05) is 11.8 Å². The molecule has 0 saturated heterocycles. The van der Waals surface area contributed by atoms with Gasteiger partial charge in [-0.15, -0.1) is 0 Å². The van der Waals surface area contributed by atoms with Gasteiger partial charge in [0.1, 0.15) is 11.9 Å². The van der Waals surface area contributed by atoms with Crippen LogP contribution in [0.25, 0.3) is 0 Å². The van der Waals surface area contributed by atoms with Gasteiger partial charge in [-0.05, 0) is 40.8 Å². The Morgan fingerprint density at radius 2 is 1.27 bits per heavy atom. The first-order chi connectivity index (χ1) is 12.8. The maximum atomic E-state index is 12.3. The largest absolute Gasteiger partial charge is 0.514 e. The van der Waals surface area contributed by atoms with Crippen LogP contribution in [0.5, 0.6) is 5.75 Å². The molecule has 0 fully saturated rings. The molecule has 0 heterocycles. The zero-order valence-corrected chi connectivity index (χ0v) is 14.2. The summed E-state index contributed by atoms with van der Waals surface area (Å²) in [5.74, 6) is 0.830. The third kappa shape index (κ3) is 2.39. The number of benzene rings is 3. The molecule has 0 saturated carbocycles. The molecule has 2 bridgehead atoms. The second-order valence-electron chi connectivity index (χ2n) is 6.85. The molecule has 1 unspecified atom stereocenters. The minimum Gasteiger partial charge on any atom is -0.430 e. The monoisotopic (exact) mass is 342 g/mol. The molecule has 0 aromatic heterocycles. The van der Waals surface area contributed by atoms with Gasteiger partial charge in [-0.25, -0.2) is 4.79 Å². The van der Waals surface area contributed by atoms with Crippen molar-refractivity contribution < 1.29 is 14.3 Å². The predicted molar refractivity (Wildman–Crippen MR) is 98.5 cm³/mol. The average molecular weight is 342 g/mol. The Kier molecular flexibility index (Phi) is 3.52. The summed E-state index contributed by atoms with van der Waals surface area (Å²) in [6, 6.07) is 26.0. The Morgan fingerprint density at radius 1 is 0.731 bits per heavy atom. The van der Waals surface area contributed by atoms with E-state index in [0.717, 1.165) is 6.42 Å². The van der Waals surface area contributed by atoms with Crippen molar-refractivity contribution in [3.05, 3.63) is 101 Å². The van der Waals surface area contributed by atoms with Gasteiger partial charge in [0.05, 0.1) is 0 Å². The number of ether oxygens (including phenoxy) is 2. The van der Waals surface area contributed by atoms with Crippen LogP contribution in [-0.4, -0.2) is 12.3 Å². The molecule has 0 N–H and O–H groups in total. The normalized spacial score (nSPS) is 22.2. The SMILES string of the molecule is O=C(Oc1ccccc1)OC1CC2c3ccccc3C1c1ccccc12. The first kappa shape index (κ1) is 15.2. The predicted octanol–water partition coefficient (Wildman–Crippen LogP) is 5.25. The van der Waals surface area contributed by atoms with Crippen LogP contribution in [0.2, 0.25) is 0 Å². The number of fused-ring (bicyclic) bond motifs is 1. The molecule has 0 amide bonds. The fourth-order valence-corrected chi connectivity index (χ4v) is 4.43. The minimum absolute atomic E-state index is 0.0655. The first-order valence-electron chi connectivity index (χ1n) is 8.92. The Hall–Kier alpha value is -3.07. The van der Waals surface area contributed by atoms with Crippen molar-refractivity contribution in [1.82, 2.24) is 0 Å². The number of carbonyl (C=O) groups excluding carboxylic acids is 1. The average Bonchev–Trinajstić information content (AvgIpc) is 2.69.